The second kappa shape index (κ2) is 6.22. The SMILES string of the molecule is CC(C)C(N[C@H](C)CCO)c1cc2ccccc2o1. The summed E-state index contributed by atoms with van der Waals surface area (Å²) in [6.45, 7) is 6.65. The van der Waals surface area contributed by atoms with Crippen LogP contribution in [0.15, 0.2) is 34.7 Å². The highest BCUT2D eigenvalue weighted by atomic mass is 16.3. The average molecular weight is 261 g/mol. The molecule has 3 heteroatoms. The van der Waals surface area contributed by atoms with Crippen molar-refractivity contribution in [3.63, 3.8) is 0 Å². The van der Waals surface area contributed by atoms with E-state index in [0.29, 0.717) is 5.92 Å². The Morgan fingerprint density at radius 2 is 1.95 bits per heavy atom. The molecule has 0 aliphatic carbocycles. The van der Waals surface area contributed by atoms with E-state index in [1.807, 2.05) is 18.2 Å². The normalized spacial score (nSPS) is 15.0. The number of hydrogen-bond acceptors (Lipinski definition) is 3. The van der Waals surface area contributed by atoms with E-state index in [9.17, 15) is 0 Å². The summed E-state index contributed by atoms with van der Waals surface area (Å²) in [6, 6.07) is 10.6. The highest BCUT2D eigenvalue weighted by Crippen LogP contribution is 2.28. The number of nitrogens with one attached hydrogen (secondary N) is 1. The van der Waals surface area contributed by atoms with Gasteiger partial charge in [0, 0.05) is 18.0 Å². The quantitative estimate of drug-likeness (QED) is 0.836. The van der Waals surface area contributed by atoms with E-state index >= 15 is 0 Å². The van der Waals surface area contributed by atoms with Gasteiger partial charge in [-0.15, -0.1) is 0 Å². The highest BCUT2D eigenvalue weighted by Gasteiger charge is 2.21. The molecule has 1 aromatic heterocycles. The van der Waals surface area contributed by atoms with Crippen LogP contribution >= 0.6 is 0 Å². The zero-order chi connectivity index (χ0) is 13.8. The molecular formula is C16H23NO2. The first kappa shape index (κ1) is 14.1. The van der Waals surface area contributed by atoms with E-state index in [-0.39, 0.29) is 18.7 Å². The minimum atomic E-state index is 0.175. The summed E-state index contributed by atoms with van der Waals surface area (Å²) >= 11 is 0. The van der Waals surface area contributed by atoms with Crippen molar-refractivity contribution in [2.45, 2.75) is 39.3 Å². The molecule has 2 aromatic rings. The Balaban J connectivity index is 2.23. The summed E-state index contributed by atoms with van der Waals surface area (Å²) in [5.74, 6) is 1.41. The third kappa shape index (κ3) is 3.37. The van der Waals surface area contributed by atoms with E-state index in [0.717, 1.165) is 23.2 Å². The van der Waals surface area contributed by atoms with Crippen molar-refractivity contribution in [1.82, 2.24) is 5.32 Å². The molecule has 19 heavy (non-hydrogen) atoms. The van der Waals surface area contributed by atoms with E-state index < -0.39 is 0 Å². The van der Waals surface area contributed by atoms with Gasteiger partial charge in [0.25, 0.3) is 0 Å². The van der Waals surface area contributed by atoms with Gasteiger partial charge in [-0.05, 0) is 31.4 Å². The van der Waals surface area contributed by atoms with Crippen molar-refractivity contribution in [3.8, 4) is 0 Å². The second-order valence-electron chi connectivity index (χ2n) is 5.49. The van der Waals surface area contributed by atoms with Crippen LogP contribution in [0.3, 0.4) is 0 Å². The molecule has 2 atom stereocenters. The molecule has 0 radical (unpaired) electrons. The van der Waals surface area contributed by atoms with Gasteiger partial charge in [-0.1, -0.05) is 32.0 Å². The largest absolute Gasteiger partial charge is 0.459 e. The zero-order valence-electron chi connectivity index (χ0n) is 11.9. The monoisotopic (exact) mass is 261 g/mol. The Hall–Kier alpha value is -1.32. The lowest BCUT2D eigenvalue weighted by molar-refractivity contribution is 0.247. The molecule has 2 rings (SSSR count). The molecule has 0 saturated heterocycles. The zero-order valence-corrected chi connectivity index (χ0v) is 11.9. The minimum absolute atomic E-state index is 0.175. The average Bonchev–Trinajstić information content (AvgIpc) is 2.79. The van der Waals surface area contributed by atoms with Gasteiger partial charge in [-0.3, -0.25) is 0 Å². The van der Waals surface area contributed by atoms with Gasteiger partial charge < -0.3 is 14.8 Å². The number of furan rings is 1. The lowest BCUT2D eigenvalue weighted by Gasteiger charge is -2.24. The number of rotatable bonds is 6. The molecule has 104 valence electrons. The van der Waals surface area contributed by atoms with Crippen molar-refractivity contribution >= 4 is 11.0 Å². The van der Waals surface area contributed by atoms with E-state index in [1.54, 1.807) is 0 Å². The fourth-order valence-corrected chi connectivity index (χ4v) is 2.34. The molecule has 0 fully saturated rings. The van der Waals surface area contributed by atoms with Gasteiger partial charge in [-0.25, -0.2) is 0 Å². The number of aliphatic hydroxyl groups excluding tert-OH is 1. The number of para-hydroxylation sites is 1. The first-order valence-corrected chi connectivity index (χ1v) is 6.97. The summed E-state index contributed by atoms with van der Waals surface area (Å²) in [7, 11) is 0. The molecule has 3 nitrogen and oxygen atoms in total. The van der Waals surface area contributed by atoms with Crippen LogP contribution in [0.25, 0.3) is 11.0 Å². The Bertz CT molecular complexity index is 485. The Morgan fingerprint density at radius 1 is 1.21 bits per heavy atom. The van der Waals surface area contributed by atoms with Crippen LogP contribution in [-0.4, -0.2) is 17.8 Å². The van der Waals surface area contributed by atoms with Crippen molar-refractivity contribution in [2.24, 2.45) is 5.92 Å². The summed E-state index contributed by atoms with van der Waals surface area (Å²) < 4.78 is 5.95. The number of aliphatic hydroxyl groups is 1. The van der Waals surface area contributed by atoms with Crippen LogP contribution in [0.1, 0.15) is 39.0 Å². The summed E-state index contributed by atoms with van der Waals surface area (Å²) in [5, 5.41) is 13.7. The molecule has 0 spiro atoms. The van der Waals surface area contributed by atoms with Gasteiger partial charge >= 0.3 is 0 Å². The topological polar surface area (TPSA) is 45.4 Å². The van der Waals surface area contributed by atoms with Crippen molar-refractivity contribution in [2.75, 3.05) is 6.61 Å². The highest BCUT2D eigenvalue weighted by molar-refractivity contribution is 5.77. The first-order chi connectivity index (χ1) is 9.11. The lowest BCUT2D eigenvalue weighted by Crippen LogP contribution is -2.33. The van der Waals surface area contributed by atoms with Crippen LogP contribution < -0.4 is 5.32 Å². The predicted octanol–water partition coefficient (Wildman–Crippen LogP) is 3.49. The minimum Gasteiger partial charge on any atom is -0.459 e. The maximum Gasteiger partial charge on any atom is 0.134 e. The van der Waals surface area contributed by atoms with Crippen molar-refractivity contribution in [3.05, 3.63) is 36.1 Å². The molecule has 1 unspecified atom stereocenters. The van der Waals surface area contributed by atoms with Crippen molar-refractivity contribution in [1.29, 1.82) is 0 Å². The summed E-state index contributed by atoms with van der Waals surface area (Å²) in [5.41, 5.74) is 0.930. The molecule has 0 saturated carbocycles. The van der Waals surface area contributed by atoms with Gasteiger partial charge in [0.15, 0.2) is 0 Å². The number of benzene rings is 1. The Kier molecular flexibility index (Phi) is 4.61. The van der Waals surface area contributed by atoms with Crippen molar-refractivity contribution < 1.29 is 9.52 Å². The third-order valence-corrected chi connectivity index (χ3v) is 3.44. The van der Waals surface area contributed by atoms with Crippen LogP contribution in [0, 0.1) is 5.92 Å². The fraction of sp³-hybridized carbons (Fsp3) is 0.500. The molecule has 0 aliphatic rings. The van der Waals surface area contributed by atoms with Gasteiger partial charge in [0.2, 0.25) is 0 Å². The molecule has 2 N–H and O–H groups in total. The summed E-state index contributed by atoms with van der Waals surface area (Å²) in [4.78, 5) is 0. The lowest BCUT2D eigenvalue weighted by atomic mass is 10.00. The Morgan fingerprint density at radius 3 is 2.58 bits per heavy atom. The van der Waals surface area contributed by atoms with E-state index in [1.165, 1.54) is 0 Å². The van der Waals surface area contributed by atoms with Crippen LogP contribution in [0.2, 0.25) is 0 Å². The number of hydrogen-bond donors (Lipinski definition) is 2. The van der Waals surface area contributed by atoms with Gasteiger partial charge in [0.1, 0.15) is 11.3 Å². The standard InChI is InChI=1S/C16H23NO2/c1-11(2)16(17-12(3)8-9-18)15-10-13-6-4-5-7-14(13)19-15/h4-7,10-12,16-18H,8-9H2,1-3H3/t12-,16?/m1/s1. The molecule has 1 heterocycles. The van der Waals surface area contributed by atoms with Gasteiger partial charge in [0.05, 0.1) is 6.04 Å². The molecule has 0 amide bonds. The first-order valence-electron chi connectivity index (χ1n) is 6.97. The Labute approximate surface area is 114 Å². The van der Waals surface area contributed by atoms with Crippen LogP contribution in [0.4, 0.5) is 0 Å². The maximum absolute atomic E-state index is 9.01. The maximum atomic E-state index is 9.01. The molecule has 1 aromatic carbocycles. The van der Waals surface area contributed by atoms with E-state index in [2.05, 4.69) is 38.2 Å². The predicted molar refractivity (Wildman–Crippen MR) is 78.1 cm³/mol. The van der Waals surface area contributed by atoms with E-state index in [4.69, 9.17) is 9.52 Å². The fourth-order valence-electron chi connectivity index (χ4n) is 2.34. The molecule has 0 bridgehead atoms. The molecule has 0 aliphatic heterocycles. The van der Waals surface area contributed by atoms with Crippen LogP contribution in [0.5, 0.6) is 0 Å². The smallest absolute Gasteiger partial charge is 0.134 e. The number of fused-ring (bicyclic) bond motifs is 1. The van der Waals surface area contributed by atoms with Gasteiger partial charge in [-0.2, -0.15) is 0 Å². The summed E-state index contributed by atoms with van der Waals surface area (Å²) in [6.07, 6.45) is 0.753. The molecular weight excluding hydrogens is 238 g/mol. The second-order valence-corrected chi connectivity index (χ2v) is 5.49. The third-order valence-electron chi connectivity index (χ3n) is 3.44. The van der Waals surface area contributed by atoms with Crippen LogP contribution in [-0.2, 0) is 0 Å².